The second kappa shape index (κ2) is 8.99. The predicted octanol–water partition coefficient (Wildman–Crippen LogP) is 7.63. The van der Waals surface area contributed by atoms with Gasteiger partial charge < -0.3 is 0 Å². The van der Waals surface area contributed by atoms with Gasteiger partial charge in [0.15, 0.2) is 0 Å². The lowest BCUT2D eigenvalue weighted by Gasteiger charge is -2.17. The van der Waals surface area contributed by atoms with Gasteiger partial charge in [0.2, 0.25) is 0 Å². The van der Waals surface area contributed by atoms with E-state index >= 15 is 0 Å². The fourth-order valence-corrected chi connectivity index (χ4v) is 4.68. The molecule has 148 valence electrons. The highest BCUT2D eigenvalue weighted by Crippen LogP contribution is 2.45. The number of hydrogen-bond donors (Lipinski definition) is 0. The third-order valence-corrected chi connectivity index (χ3v) is 6.16. The zero-order chi connectivity index (χ0) is 20.9. The molecule has 4 aromatic carbocycles. The van der Waals surface area contributed by atoms with Crippen LogP contribution < -0.4 is 0 Å². The van der Waals surface area contributed by atoms with E-state index < -0.39 is 0 Å². The van der Waals surface area contributed by atoms with Gasteiger partial charge in [-0.1, -0.05) is 121 Å². The van der Waals surface area contributed by atoms with Gasteiger partial charge in [-0.25, -0.2) is 0 Å². The molecule has 1 aromatic heterocycles. The maximum Gasteiger partial charge on any atom is 0.108 e. The summed E-state index contributed by atoms with van der Waals surface area (Å²) in [6.07, 6.45) is 0. The molecule has 0 aliphatic rings. The van der Waals surface area contributed by atoms with Gasteiger partial charge in [-0.05, 0) is 17.7 Å². The first-order valence-electron chi connectivity index (χ1n) is 10.2. The predicted molar refractivity (Wildman–Crippen MR) is 129 cm³/mol. The molecule has 0 radical (unpaired) electrons. The van der Waals surface area contributed by atoms with Crippen LogP contribution >= 0.6 is 11.8 Å². The van der Waals surface area contributed by atoms with E-state index in [0.29, 0.717) is 0 Å². The SMILES string of the molecule is c1ccc(Sc2c(-c3ccccc3)nnc(-c3ccccc3)c2-c2ccccc2)cc1. The van der Waals surface area contributed by atoms with Crippen molar-refractivity contribution >= 4 is 11.8 Å². The average molecular weight is 417 g/mol. The monoisotopic (exact) mass is 416 g/mol. The molecule has 0 saturated carbocycles. The Kier molecular flexibility index (Phi) is 5.59. The van der Waals surface area contributed by atoms with Crippen LogP contribution in [0.25, 0.3) is 33.6 Å². The molecule has 0 atom stereocenters. The van der Waals surface area contributed by atoms with Gasteiger partial charge in [0.1, 0.15) is 11.4 Å². The van der Waals surface area contributed by atoms with E-state index in [1.54, 1.807) is 11.8 Å². The smallest absolute Gasteiger partial charge is 0.108 e. The quantitative estimate of drug-likeness (QED) is 0.294. The standard InChI is InChI=1S/C28H20N2S/c1-5-13-21(14-6-1)25-26(22-15-7-2-8-16-22)29-30-27(23-17-9-3-10-18-23)28(25)31-24-19-11-4-12-20-24/h1-20H. The summed E-state index contributed by atoms with van der Waals surface area (Å²) >= 11 is 1.74. The summed E-state index contributed by atoms with van der Waals surface area (Å²) in [6, 6.07) is 41.5. The van der Waals surface area contributed by atoms with Crippen LogP contribution in [0.3, 0.4) is 0 Å². The van der Waals surface area contributed by atoms with E-state index in [1.165, 1.54) is 4.90 Å². The maximum atomic E-state index is 4.74. The molecule has 0 fully saturated rings. The third-order valence-electron chi connectivity index (χ3n) is 5.05. The minimum absolute atomic E-state index is 0.893. The summed E-state index contributed by atoms with van der Waals surface area (Å²) < 4.78 is 0. The lowest BCUT2D eigenvalue weighted by Crippen LogP contribution is -1.99. The minimum atomic E-state index is 0.893. The van der Waals surface area contributed by atoms with Crippen LogP contribution in [0.5, 0.6) is 0 Å². The van der Waals surface area contributed by atoms with Crippen molar-refractivity contribution in [3.05, 3.63) is 121 Å². The maximum absolute atomic E-state index is 4.74. The average Bonchev–Trinajstić information content (AvgIpc) is 2.86. The lowest BCUT2D eigenvalue weighted by molar-refractivity contribution is 1.02. The highest BCUT2D eigenvalue weighted by atomic mass is 32.2. The molecular formula is C28H20N2S. The lowest BCUT2D eigenvalue weighted by atomic mass is 9.98. The molecule has 0 aliphatic carbocycles. The van der Waals surface area contributed by atoms with Crippen molar-refractivity contribution in [3.63, 3.8) is 0 Å². The molecular weight excluding hydrogens is 396 g/mol. The molecule has 0 amide bonds. The summed E-state index contributed by atoms with van der Waals surface area (Å²) in [5, 5.41) is 9.48. The van der Waals surface area contributed by atoms with Gasteiger partial charge in [-0.15, -0.1) is 10.2 Å². The molecule has 0 bridgehead atoms. The largest absolute Gasteiger partial charge is 0.149 e. The molecule has 0 aliphatic heterocycles. The third kappa shape index (κ3) is 4.14. The number of benzene rings is 4. The fraction of sp³-hybridized carbons (Fsp3) is 0. The Balaban J connectivity index is 1.82. The number of hydrogen-bond acceptors (Lipinski definition) is 3. The van der Waals surface area contributed by atoms with Crippen molar-refractivity contribution in [2.24, 2.45) is 0 Å². The van der Waals surface area contributed by atoms with Crippen molar-refractivity contribution < 1.29 is 0 Å². The molecule has 0 N–H and O–H groups in total. The van der Waals surface area contributed by atoms with E-state index in [0.717, 1.165) is 38.5 Å². The van der Waals surface area contributed by atoms with E-state index in [1.807, 2.05) is 48.5 Å². The first kappa shape index (κ1) is 19.3. The van der Waals surface area contributed by atoms with Gasteiger partial charge in [-0.2, -0.15) is 0 Å². The number of nitrogens with zero attached hydrogens (tertiary/aromatic N) is 2. The van der Waals surface area contributed by atoms with Gasteiger partial charge in [0.25, 0.3) is 0 Å². The number of rotatable bonds is 5. The van der Waals surface area contributed by atoms with Crippen LogP contribution in [0, 0.1) is 0 Å². The van der Waals surface area contributed by atoms with Gasteiger partial charge >= 0.3 is 0 Å². The van der Waals surface area contributed by atoms with Crippen LogP contribution in [0.4, 0.5) is 0 Å². The van der Waals surface area contributed by atoms with Crippen LogP contribution in [-0.2, 0) is 0 Å². The highest BCUT2D eigenvalue weighted by Gasteiger charge is 2.21. The summed E-state index contributed by atoms with van der Waals surface area (Å²) in [5.74, 6) is 0. The molecule has 0 saturated heterocycles. The van der Waals surface area contributed by atoms with E-state index in [9.17, 15) is 0 Å². The molecule has 31 heavy (non-hydrogen) atoms. The Bertz CT molecular complexity index is 1270. The first-order chi connectivity index (χ1) is 15.4. The molecule has 0 spiro atoms. The Morgan fingerprint density at radius 1 is 0.419 bits per heavy atom. The van der Waals surface area contributed by atoms with Crippen molar-refractivity contribution in [2.45, 2.75) is 9.79 Å². The van der Waals surface area contributed by atoms with E-state index in [-0.39, 0.29) is 0 Å². The molecule has 2 nitrogen and oxygen atoms in total. The summed E-state index contributed by atoms with van der Waals surface area (Å²) in [6.45, 7) is 0. The second-order valence-corrected chi connectivity index (χ2v) is 8.20. The fourth-order valence-electron chi connectivity index (χ4n) is 3.58. The summed E-state index contributed by atoms with van der Waals surface area (Å²) in [4.78, 5) is 2.28. The second-order valence-electron chi connectivity index (χ2n) is 7.11. The van der Waals surface area contributed by atoms with E-state index in [2.05, 4.69) is 72.8 Å². The Hall–Kier alpha value is -3.69. The van der Waals surface area contributed by atoms with Crippen LogP contribution in [0.1, 0.15) is 0 Å². The zero-order valence-electron chi connectivity index (χ0n) is 16.8. The Morgan fingerprint density at radius 3 is 1.39 bits per heavy atom. The van der Waals surface area contributed by atoms with Crippen LogP contribution in [0.15, 0.2) is 131 Å². The van der Waals surface area contributed by atoms with Crippen LogP contribution in [-0.4, -0.2) is 10.2 Å². The van der Waals surface area contributed by atoms with E-state index in [4.69, 9.17) is 10.2 Å². The van der Waals surface area contributed by atoms with Gasteiger partial charge in [0.05, 0.1) is 4.90 Å². The molecule has 0 unspecified atom stereocenters. The van der Waals surface area contributed by atoms with Crippen molar-refractivity contribution in [2.75, 3.05) is 0 Å². The van der Waals surface area contributed by atoms with Crippen molar-refractivity contribution in [1.82, 2.24) is 10.2 Å². The molecule has 1 heterocycles. The molecule has 5 aromatic rings. The topological polar surface area (TPSA) is 25.8 Å². The summed E-state index contributed by atoms with van der Waals surface area (Å²) in [5.41, 5.74) is 6.15. The first-order valence-corrected chi connectivity index (χ1v) is 11.0. The highest BCUT2D eigenvalue weighted by molar-refractivity contribution is 7.99. The van der Waals surface area contributed by atoms with Crippen molar-refractivity contribution in [3.8, 4) is 33.6 Å². The zero-order valence-corrected chi connectivity index (χ0v) is 17.7. The van der Waals surface area contributed by atoms with Crippen LogP contribution in [0.2, 0.25) is 0 Å². The summed E-state index contributed by atoms with van der Waals surface area (Å²) in [7, 11) is 0. The molecule has 3 heteroatoms. The van der Waals surface area contributed by atoms with Gasteiger partial charge in [-0.3, -0.25) is 0 Å². The normalized spacial score (nSPS) is 10.7. The minimum Gasteiger partial charge on any atom is -0.149 e. The van der Waals surface area contributed by atoms with Crippen molar-refractivity contribution in [1.29, 1.82) is 0 Å². The Morgan fingerprint density at radius 2 is 0.839 bits per heavy atom. The molecule has 5 rings (SSSR count). The Labute approximate surface area is 186 Å². The van der Waals surface area contributed by atoms with Gasteiger partial charge in [0, 0.05) is 21.6 Å². The number of aromatic nitrogens is 2.